The van der Waals surface area contributed by atoms with E-state index in [9.17, 15) is 19.2 Å². The van der Waals surface area contributed by atoms with Gasteiger partial charge in [-0.2, -0.15) is 0 Å². The monoisotopic (exact) mass is 672 g/mol. The van der Waals surface area contributed by atoms with Gasteiger partial charge in [-0.05, 0) is 89.7 Å². The molecular formula is C26H26ClIN2O7S. The number of nitrogens with zero attached hydrogens (tertiary/aromatic N) is 1. The van der Waals surface area contributed by atoms with Gasteiger partial charge in [0.15, 0.2) is 11.5 Å². The standard InChI is InChI=1S/C26H26ClIN2O7S/c1-4-6-9-37-25(33)17-13-16(7-8-18(17)27)29-22(31)14-30-24(32)21(38-26(30)34)12-15-10-19(28)23(36-5-2)20(11-15)35-3/h7-8,10-13H,4-6,9,14H2,1-3H3,(H,29,31)/b21-12+. The van der Waals surface area contributed by atoms with Gasteiger partial charge in [-0.1, -0.05) is 24.9 Å². The van der Waals surface area contributed by atoms with Crippen LogP contribution in [-0.4, -0.2) is 54.8 Å². The number of hydrogen-bond acceptors (Lipinski definition) is 8. The SMILES string of the molecule is CCCCOC(=O)c1cc(NC(=O)CN2C(=O)S/C(=C/c3cc(I)c(OCC)c(OC)c3)C2=O)ccc1Cl. The highest BCUT2D eigenvalue weighted by Crippen LogP contribution is 2.37. The zero-order valence-electron chi connectivity index (χ0n) is 21.0. The fourth-order valence-electron chi connectivity index (χ4n) is 3.39. The number of nitrogens with one attached hydrogen (secondary N) is 1. The lowest BCUT2D eigenvalue weighted by Crippen LogP contribution is -2.36. The van der Waals surface area contributed by atoms with E-state index >= 15 is 0 Å². The van der Waals surface area contributed by atoms with Crippen molar-refractivity contribution in [1.29, 1.82) is 0 Å². The number of imide groups is 1. The molecule has 0 radical (unpaired) electrons. The van der Waals surface area contributed by atoms with Gasteiger partial charge in [-0.3, -0.25) is 19.3 Å². The molecule has 0 atom stereocenters. The number of hydrogen-bond donors (Lipinski definition) is 1. The van der Waals surface area contributed by atoms with Crippen LogP contribution < -0.4 is 14.8 Å². The van der Waals surface area contributed by atoms with Gasteiger partial charge in [-0.15, -0.1) is 0 Å². The highest BCUT2D eigenvalue weighted by Gasteiger charge is 2.36. The molecule has 1 heterocycles. The largest absolute Gasteiger partial charge is 0.493 e. The van der Waals surface area contributed by atoms with Crippen molar-refractivity contribution in [3.63, 3.8) is 0 Å². The number of methoxy groups -OCH3 is 1. The maximum Gasteiger partial charge on any atom is 0.339 e. The van der Waals surface area contributed by atoms with Crippen molar-refractivity contribution in [1.82, 2.24) is 4.90 Å². The zero-order chi connectivity index (χ0) is 27.8. The first-order valence-electron chi connectivity index (χ1n) is 11.7. The number of esters is 1. The van der Waals surface area contributed by atoms with E-state index in [-0.39, 0.29) is 27.8 Å². The smallest absolute Gasteiger partial charge is 0.339 e. The maximum absolute atomic E-state index is 12.9. The molecule has 0 bridgehead atoms. The van der Waals surface area contributed by atoms with E-state index in [2.05, 4.69) is 27.9 Å². The van der Waals surface area contributed by atoms with Crippen LogP contribution in [0.4, 0.5) is 10.5 Å². The summed E-state index contributed by atoms with van der Waals surface area (Å²) in [5.74, 6) is -0.707. The van der Waals surface area contributed by atoms with E-state index in [1.165, 1.54) is 25.3 Å². The molecule has 1 aliphatic rings. The van der Waals surface area contributed by atoms with Crippen molar-refractivity contribution in [3.05, 3.63) is 55.0 Å². The molecule has 9 nitrogen and oxygen atoms in total. The predicted molar refractivity (Wildman–Crippen MR) is 155 cm³/mol. The predicted octanol–water partition coefficient (Wildman–Crippen LogP) is 5.98. The highest BCUT2D eigenvalue weighted by atomic mass is 127. The Balaban J connectivity index is 1.70. The Morgan fingerprint density at radius 1 is 1.18 bits per heavy atom. The molecular weight excluding hydrogens is 647 g/mol. The number of carbonyl (C=O) groups is 4. The molecule has 3 rings (SSSR count). The summed E-state index contributed by atoms with van der Waals surface area (Å²) in [5, 5.41) is 2.21. The number of carbonyl (C=O) groups excluding carboxylic acids is 4. The molecule has 1 aliphatic heterocycles. The molecule has 12 heteroatoms. The van der Waals surface area contributed by atoms with Crippen molar-refractivity contribution in [3.8, 4) is 11.5 Å². The average molecular weight is 673 g/mol. The number of rotatable bonds is 11. The lowest BCUT2D eigenvalue weighted by Gasteiger charge is -2.13. The second-order valence-electron chi connectivity index (χ2n) is 7.97. The van der Waals surface area contributed by atoms with E-state index in [0.717, 1.165) is 33.1 Å². The molecule has 2 aromatic rings. The van der Waals surface area contributed by atoms with Gasteiger partial charge in [0, 0.05) is 5.69 Å². The van der Waals surface area contributed by atoms with Crippen LogP contribution in [0.1, 0.15) is 42.6 Å². The third-order valence-electron chi connectivity index (χ3n) is 5.21. The first-order valence-corrected chi connectivity index (χ1v) is 14.0. The molecule has 0 saturated carbocycles. The van der Waals surface area contributed by atoms with Crippen LogP contribution in [0, 0.1) is 3.57 Å². The van der Waals surface area contributed by atoms with Gasteiger partial charge in [-0.25, -0.2) is 4.79 Å². The summed E-state index contributed by atoms with van der Waals surface area (Å²) < 4.78 is 17.0. The minimum absolute atomic E-state index is 0.107. The molecule has 38 heavy (non-hydrogen) atoms. The van der Waals surface area contributed by atoms with Crippen LogP contribution in [0.2, 0.25) is 5.02 Å². The van der Waals surface area contributed by atoms with Crippen molar-refractivity contribution >= 4 is 80.7 Å². The number of unbranched alkanes of at least 4 members (excludes halogenated alkanes) is 1. The van der Waals surface area contributed by atoms with Crippen LogP contribution in [0.25, 0.3) is 6.08 Å². The number of anilines is 1. The quantitative estimate of drug-likeness (QED) is 0.134. The van der Waals surface area contributed by atoms with Gasteiger partial charge >= 0.3 is 5.97 Å². The summed E-state index contributed by atoms with van der Waals surface area (Å²) in [6.45, 7) is 4.07. The zero-order valence-corrected chi connectivity index (χ0v) is 24.7. The number of amides is 3. The first kappa shape index (κ1) is 29.8. The minimum atomic E-state index is -0.613. The Kier molecular flexibility index (Phi) is 10.9. The summed E-state index contributed by atoms with van der Waals surface area (Å²) in [5.41, 5.74) is 1.03. The molecule has 3 amide bonds. The van der Waals surface area contributed by atoms with Gasteiger partial charge in [0.1, 0.15) is 6.54 Å². The van der Waals surface area contributed by atoms with Crippen LogP contribution in [0.3, 0.4) is 0 Å². The number of thioether (sulfide) groups is 1. The van der Waals surface area contributed by atoms with Gasteiger partial charge in [0.05, 0.1) is 39.4 Å². The lowest BCUT2D eigenvalue weighted by atomic mass is 10.2. The van der Waals surface area contributed by atoms with E-state index < -0.39 is 29.6 Å². The molecule has 1 saturated heterocycles. The first-order chi connectivity index (χ1) is 18.2. The summed E-state index contributed by atoms with van der Waals surface area (Å²) in [6, 6.07) is 7.88. The minimum Gasteiger partial charge on any atom is -0.493 e. The van der Waals surface area contributed by atoms with E-state index in [1.807, 2.05) is 13.8 Å². The molecule has 0 aromatic heterocycles. The van der Waals surface area contributed by atoms with Gasteiger partial charge in [0.25, 0.3) is 11.1 Å². The normalized spacial score (nSPS) is 14.1. The number of ether oxygens (including phenoxy) is 3. The summed E-state index contributed by atoms with van der Waals surface area (Å²) in [4.78, 5) is 51.5. The van der Waals surface area contributed by atoms with Gasteiger partial charge in [0.2, 0.25) is 5.91 Å². The Bertz CT molecular complexity index is 1280. The Morgan fingerprint density at radius 2 is 1.95 bits per heavy atom. The molecule has 0 spiro atoms. The second kappa shape index (κ2) is 13.9. The summed E-state index contributed by atoms with van der Waals surface area (Å²) in [7, 11) is 1.52. The number of benzene rings is 2. The molecule has 2 aromatic carbocycles. The molecule has 0 unspecified atom stereocenters. The number of halogens is 2. The molecule has 202 valence electrons. The fraction of sp³-hybridized carbons (Fsp3) is 0.308. The Morgan fingerprint density at radius 3 is 2.63 bits per heavy atom. The van der Waals surface area contributed by atoms with Gasteiger partial charge < -0.3 is 19.5 Å². The maximum atomic E-state index is 12.9. The average Bonchev–Trinajstić information content (AvgIpc) is 3.13. The van der Waals surface area contributed by atoms with Crippen molar-refractivity contribution in [2.45, 2.75) is 26.7 Å². The summed E-state index contributed by atoms with van der Waals surface area (Å²) in [6.07, 6.45) is 3.16. The van der Waals surface area contributed by atoms with Crippen LogP contribution in [0.5, 0.6) is 11.5 Å². The van der Waals surface area contributed by atoms with Crippen LogP contribution in [0.15, 0.2) is 35.2 Å². The van der Waals surface area contributed by atoms with E-state index in [0.29, 0.717) is 23.7 Å². The van der Waals surface area contributed by atoms with E-state index in [4.69, 9.17) is 25.8 Å². The Hall–Kier alpha value is -2.77. The van der Waals surface area contributed by atoms with Crippen LogP contribution in [-0.2, 0) is 14.3 Å². The summed E-state index contributed by atoms with van der Waals surface area (Å²) >= 11 is 8.97. The molecule has 1 N–H and O–H groups in total. The Labute approximate surface area is 243 Å². The fourth-order valence-corrected chi connectivity index (χ4v) is 5.20. The van der Waals surface area contributed by atoms with Crippen LogP contribution >= 0.6 is 46.0 Å². The molecule has 1 fully saturated rings. The molecule has 0 aliphatic carbocycles. The van der Waals surface area contributed by atoms with Crippen molar-refractivity contribution in [2.24, 2.45) is 0 Å². The third-order valence-corrected chi connectivity index (χ3v) is 7.25. The van der Waals surface area contributed by atoms with Crippen molar-refractivity contribution < 1.29 is 33.4 Å². The second-order valence-corrected chi connectivity index (χ2v) is 10.5. The van der Waals surface area contributed by atoms with E-state index in [1.54, 1.807) is 18.2 Å². The topological polar surface area (TPSA) is 111 Å². The lowest BCUT2D eigenvalue weighted by molar-refractivity contribution is -0.127. The van der Waals surface area contributed by atoms with Crippen molar-refractivity contribution in [2.75, 3.05) is 32.2 Å². The third kappa shape index (κ3) is 7.41. The highest BCUT2D eigenvalue weighted by molar-refractivity contribution is 14.1.